The lowest BCUT2D eigenvalue weighted by molar-refractivity contribution is -0.122. The van der Waals surface area contributed by atoms with Crippen molar-refractivity contribution in [2.45, 2.75) is 6.54 Å². The molecule has 0 radical (unpaired) electrons. The minimum absolute atomic E-state index is 0.0812. The van der Waals surface area contributed by atoms with Crippen LogP contribution in [-0.4, -0.2) is 46.0 Å². The first-order valence-corrected chi connectivity index (χ1v) is 8.52. The van der Waals surface area contributed by atoms with Crippen molar-refractivity contribution < 1.29 is 14.3 Å². The molecule has 0 fully saturated rings. The molecule has 10 heteroatoms. The maximum absolute atomic E-state index is 12.0. The van der Waals surface area contributed by atoms with Crippen molar-refractivity contribution in [3.05, 3.63) is 54.1 Å². The smallest absolute Gasteiger partial charge is 0.263 e. The molecule has 1 aromatic heterocycles. The Labute approximate surface area is 166 Å². The number of tetrazole rings is 1. The van der Waals surface area contributed by atoms with Crippen LogP contribution in [0.15, 0.2) is 53.6 Å². The molecule has 3 rings (SSSR count). The number of nitrogens with zero attached hydrogens (tertiary/aromatic N) is 6. The lowest BCUT2D eigenvalue weighted by Gasteiger charge is -2.08. The maximum atomic E-state index is 12.0. The largest absolute Gasteiger partial charge is 0.493 e. The average molecular weight is 391 g/mol. The van der Waals surface area contributed by atoms with E-state index >= 15 is 0 Å². The fourth-order valence-electron chi connectivity index (χ4n) is 2.35. The summed E-state index contributed by atoms with van der Waals surface area (Å²) in [6, 6.07) is 16.3. The van der Waals surface area contributed by atoms with Crippen molar-refractivity contribution in [1.29, 1.82) is 5.26 Å². The topological polar surface area (TPSA) is 127 Å². The zero-order valence-electron chi connectivity index (χ0n) is 15.5. The van der Waals surface area contributed by atoms with E-state index in [0.717, 1.165) is 5.56 Å². The number of nitrogens with one attached hydrogen (secondary N) is 1. The number of aromatic nitrogens is 4. The van der Waals surface area contributed by atoms with Crippen molar-refractivity contribution in [1.82, 2.24) is 25.6 Å². The van der Waals surface area contributed by atoms with E-state index in [1.54, 1.807) is 18.2 Å². The number of nitriles is 1. The lowest BCUT2D eigenvalue weighted by Crippen LogP contribution is -2.24. The molecule has 146 valence electrons. The van der Waals surface area contributed by atoms with Gasteiger partial charge in [-0.3, -0.25) is 4.79 Å². The number of carbonyl (C=O) groups excluding carboxylic acids is 1. The van der Waals surface area contributed by atoms with Crippen LogP contribution in [0.25, 0.3) is 11.4 Å². The first-order chi connectivity index (χ1) is 14.2. The molecule has 0 unspecified atom stereocenters. The summed E-state index contributed by atoms with van der Waals surface area (Å²) in [5.74, 6) is 0.935. The first kappa shape index (κ1) is 19.5. The fourth-order valence-corrected chi connectivity index (χ4v) is 2.35. The van der Waals surface area contributed by atoms with E-state index in [-0.39, 0.29) is 13.2 Å². The second kappa shape index (κ2) is 9.61. The van der Waals surface area contributed by atoms with E-state index in [4.69, 9.17) is 14.7 Å². The molecule has 3 aromatic rings. The molecule has 2 aromatic carbocycles. The van der Waals surface area contributed by atoms with Crippen molar-refractivity contribution >= 4 is 12.1 Å². The molecule has 0 aliphatic rings. The van der Waals surface area contributed by atoms with E-state index in [0.29, 0.717) is 22.9 Å². The molecule has 0 spiro atoms. The molecule has 1 amide bonds. The number of benzene rings is 2. The third-order valence-electron chi connectivity index (χ3n) is 3.65. The molecule has 1 N–H and O–H groups in total. The Morgan fingerprint density at radius 3 is 2.86 bits per heavy atom. The zero-order valence-corrected chi connectivity index (χ0v) is 15.5. The number of ether oxygens (including phenoxy) is 2. The second-order valence-corrected chi connectivity index (χ2v) is 5.66. The molecular weight excluding hydrogens is 374 g/mol. The van der Waals surface area contributed by atoms with Gasteiger partial charge in [-0.15, -0.1) is 10.2 Å². The predicted octanol–water partition coefficient (Wildman–Crippen LogP) is 1.40. The van der Waals surface area contributed by atoms with Crippen molar-refractivity contribution in [2.24, 2.45) is 5.10 Å². The van der Waals surface area contributed by atoms with Gasteiger partial charge in [0.15, 0.2) is 18.1 Å². The summed E-state index contributed by atoms with van der Waals surface area (Å²) in [7, 11) is 1.49. The number of hydrazone groups is 1. The van der Waals surface area contributed by atoms with Gasteiger partial charge in [-0.25, -0.2) is 5.43 Å². The van der Waals surface area contributed by atoms with Crippen molar-refractivity contribution in [2.75, 3.05) is 13.7 Å². The summed E-state index contributed by atoms with van der Waals surface area (Å²) in [6.45, 7) is -0.205. The Kier molecular flexibility index (Phi) is 6.46. The summed E-state index contributed by atoms with van der Waals surface area (Å²) < 4.78 is 10.5. The second-order valence-electron chi connectivity index (χ2n) is 5.66. The van der Waals surface area contributed by atoms with E-state index in [2.05, 4.69) is 25.9 Å². The van der Waals surface area contributed by atoms with Crippen LogP contribution < -0.4 is 14.9 Å². The highest BCUT2D eigenvalue weighted by molar-refractivity contribution is 5.83. The number of methoxy groups -OCH3 is 1. The third kappa shape index (κ3) is 5.36. The average Bonchev–Trinajstić information content (AvgIpc) is 3.21. The van der Waals surface area contributed by atoms with Gasteiger partial charge in [0.2, 0.25) is 5.82 Å². The molecule has 0 saturated carbocycles. The van der Waals surface area contributed by atoms with Gasteiger partial charge in [-0.1, -0.05) is 30.3 Å². The van der Waals surface area contributed by atoms with Gasteiger partial charge in [0.1, 0.15) is 12.6 Å². The summed E-state index contributed by atoms with van der Waals surface area (Å²) in [6.07, 6.45) is 1.46. The monoisotopic (exact) mass is 391 g/mol. The number of rotatable bonds is 8. The van der Waals surface area contributed by atoms with Gasteiger partial charge in [0, 0.05) is 5.56 Å². The van der Waals surface area contributed by atoms with E-state index in [9.17, 15) is 4.79 Å². The summed E-state index contributed by atoms with van der Waals surface area (Å²) in [4.78, 5) is 13.2. The minimum Gasteiger partial charge on any atom is -0.493 e. The third-order valence-corrected chi connectivity index (χ3v) is 3.65. The molecule has 1 heterocycles. The predicted molar refractivity (Wildman–Crippen MR) is 103 cm³/mol. The molecule has 10 nitrogen and oxygen atoms in total. The van der Waals surface area contributed by atoms with Gasteiger partial charge in [-0.05, 0) is 29.0 Å². The lowest BCUT2D eigenvalue weighted by atomic mass is 10.2. The highest BCUT2D eigenvalue weighted by Gasteiger charge is 2.09. The van der Waals surface area contributed by atoms with E-state index in [1.807, 2.05) is 36.4 Å². The van der Waals surface area contributed by atoms with Crippen LogP contribution in [0, 0.1) is 11.3 Å². The van der Waals surface area contributed by atoms with E-state index < -0.39 is 5.91 Å². The van der Waals surface area contributed by atoms with Gasteiger partial charge >= 0.3 is 0 Å². The number of amides is 1. The van der Waals surface area contributed by atoms with Crippen LogP contribution in [0.1, 0.15) is 5.56 Å². The van der Waals surface area contributed by atoms with Crippen LogP contribution in [0.3, 0.4) is 0 Å². The number of hydrogen-bond donors (Lipinski definition) is 1. The quantitative estimate of drug-likeness (QED) is 0.454. The summed E-state index contributed by atoms with van der Waals surface area (Å²) in [5, 5.41) is 24.5. The van der Waals surface area contributed by atoms with Crippen LogP contribution in [0.4, 0.5) is 0 Å². The molecular formula is C19H17N7O3. The Morgan fingerprint density at radius 2 is 2.10 bits per heavy atom. The van der Waals surface area contributed by atoms with Gasteiger partial charge in [0.25, 0.3) is 5.91 Å². The number of carbonyl (C=O) groups is 1. The van der Waals surface area contributed by atoms with Crippen LogP contribution in [-0.2, 0) is 11.3 Å². The van der Waals surface area contributed by atoms with Crippen LogP contribution >= 0.6 is 0 Å². The van der Waals surface area contributed by atoms with Crippen LogP contribution in [0.2, 0.25) is 0 Å². The van der Waals surface area contributed by atoms with Gasteiger partial charge in [0.05, 0.1) is 13.3 Å². The Hall–Kier alpha value is -4.26. The van der Waals surface area contributed by atoms with Crippen molar-refractivity contribution in [3.8, 4) is 29.0 Å². The number of hydrogen-bond acceptors (Lipinski definition) is 8. The summed E-state index contributed by atoms with van der Waals surface area (Å²) >= 11 is 0. The Morgan fingerprint density at radius 1 is 1.28 bits per heavy atom. The Bertz CT molecular complexity index is 1040. The molecule has 0 bridgehead atoms. The SMILES string of the molecule is COc1cc(/C=N\NC(=O)Cn2nnc(-c3ccccc3)n2)ccc1OCC#N. The summed E-state index contributed by atoms with van der Waals surface area (Å²) in [5.41, 5.74) is 3.89. The first-order valence-electron chi connectivity index (χ1n) is 8.52. The molecule has 0 aliphatic carbocycles. The highest BCUT2D eigenvalue weighted by atomic mass is 16.5. The molecule has 0 saturated heterocycles. The van der Waals surface area contributed by atoms with Crippen molar-refractivity contribution in [3.63, 3.8) is 0 Å². The molecule has 0 aliphatic heterocycles. The minimum atomic E-state index is -0.404. The van der Waals surface area contributed by atoms with Crippen LogP contribution in [0.5, 0.6) is 11.5 Å². The fraction of sp³-hybridized carbons (Fsp3) is 0.158. The Balaban J connectivity index is 1.56. The van der Waals surface area contributed by atoms with Gasteiger partial charge < -0.3 is 9.47 Å². The van der Waals surface area contributed by atoms with E-state index in [1.165, 1.54) is 18.1 Å². The highest BCUT2D eigenvalue weighted by Crippen LogP contribution is 2.27. The maximum Gasteiger partial charge on any atom is 0.263 e. The molecule has 29 heavy (non-hydrogen) atoms. The van der Waals surface area contributed by atoms with Gasteiger partial charge in [-0.2, -0.15) is 15.2 Å². The molecule has 0 atom stereocenters. The normalized spacial score (nSPS) is 10.5. The standard InChI is InChI=1S/C19H17N7O3/c1-28-17-11-14(7-8-16(17)29-10-9-20)12-21-22-18(27)13-26-24-19(23-25-26)15-5-3-2-4-6-15/h2-8,11-12H,10,13H2,1H3,(H,22,27)/b21-12-. The zero-order chi connectivity index (χ0) is 20.5.